The predicted molar refractivity (Wildman–Crippen MR) is 275 cm³/mol. The van der Waals surface area contributed by atoms with Gasteiger partial charge < -0.3 is 28.8 Å². The zero-order valence-corrected chi connectivity index (χ0v) is 44.3. The van der Waals surface area contributed by atoms with Crippen LogP contribution >= 0.6 is 0 Å². The number of hydrogen-bond donors (Lipinski definition) is 1. The van der Waals surface area contributed by atoms with Gasteiger partial charge in [0.15, 0.2) is 12.2 Å². The average Bonchev–Trinajstić information content (AvgIpc) is 3.76. The van der Waals surface area contributed by atoms with Gasteiger partial charge in [-0.1, -0.05) is 59.7 Å². The molecule has 0 amide bonds. The Bertz CT molecular complexity index is 3070. The molecule has 16 heteroatoms. The number of ether oxygens (including phenoxy) is 3. The van der Waals surface area contributed by atoms with Crippen LogP contribution in [0.25, 0.3) is 33.2 Å². The molecule has 1 unspecified atom stereocenters. The molecule has 0 saturated heterocycles. The number of methoxy groups -OCH3 is 1. The monoisotopic (exact) mass is 984 g/mol. The molecular weight excluding hydrogens is 917 g/mol. The van der Waals surface area contributed by atoms with E-state index in [9.17, 15) is 31.5 Å². The van der Waals surface area contributed by atoms with Gasteiger partial charge in [0.25, 0.3) is 0 Å². The van der Waals surface area contributed by atoms with Crippen molar-refractivity contribution in [1.29, 1.82) is 0 Å². The molecule has 14 nitrogen and oxygen atoms in total. The minimum absolute atomic E-state index is 0.182. The summed E-state index contributed by atoms with van der Waals surface area (Å²) in [5.74, 6) is -1.62. The topological polar surface area (TPSA) is 165 Å². The predicted octanol–water partition coefficient (Wildman–Crippen LogP) is 9.48. The number of nitrogens with zero attached hydrogens (tertiary/aromatic N) is 4. The van der Waals surface area contributed by atoms with Gasteiger partial charge in [-0.3, -0.25) is 8.61 Å². The number of aryl methyl sites for hydroxylation is 3. The SMILES string of the molecule is COC(=O)[C@@H](OC(C)(C)C)c1c(C)c2c3c(cc(C)n3CCN2S(C)(=O)=O)c1-c1ccc(C)cc1.Cc1ccc(-c2c3c4c(c(C)c2[C@H](OC(C)(C)C)C(=O)O)N(S(C)(=O)=O)CCN4C(C)C3)cc1. The zero-order valence-electron chi connectivity index (χ0n) is 42.7. The molecular formula is C53H68N4O10S2. The van der Waals surface area contributed by atoms with Gasteiger partial charge in [0.2, 0.25) is 20.0 Å². The summed E-state index contributed by atoms with van der Waals surface area (Å²) < 4.78 is 74.1. The Morgan fingerprint density at radius 3 is 1.62 bits per heavy atom. The zero-order chi connectivity index (χ0) is 51.0. The van der Waals surface area contributed by atoms with E-state index in [4.69, 9.17) is 14.2 Å². The van der Waals surface area contributed by atoms with Crippen molar-refractivity contribution in [3.8, 4) is 22.3 Å². The molecule has 8 rings (SSSR count). The van der Waals surface area contributed by atoms with Crippen molar-refractivity contribution < 1.29 is 45.7 Å². The Labute approximate surface area is 408 Å². The molecule has 1 aromatic heterocycles. The lowest BCUT2D eigenvalue weighted by molar-refractivity contribution is -0.164. The smallest absolute Gasteiger partial charge is 0.339 e. The summed E-state index contributed by atoms with van der Waals surface area (Å²) in [6.45, 7) is 24.8. The number of carbonyl (C=O) groups is 2. The normalized spacial score (nSPS) is 16.8. The minimum Gasteiger partial charge on any atom is -0.479 e. The van der Waals surface area contributed by atoms with Crippen LogP contribution in [0.3, 0.4) is 0 Å². The van der Waals surface area contributed by atoms with Crippen LogP contribution < -0.4 is 13.5 Å². The van der Waals surface area contributed by atoms with Crippen molar-refractivity contribution in [2.24, 2.45) is 0 Å². The molecule has 0 spiro atoms. The van der Waals surface area contributed by atoms with Crippen LogP contribution in [0.15, 0.2) is 54.6 Å². The van der Waals surface area contributed by atoms with Gasteiger partial charge in [-0.05, 0) is 135 Å². The number of rotatable bonds is 10. The fourth-order valence-electron chi connectivity index (χ4n) is 10.3. The van der Waals surface area contributed by atoms with Crippen LogP contribution in [0.1, 0.15) is 105 Å². The van der Waals surface area contributed by atoms with Gasteiger partial charge >= 0.3 is 11.9 Å². The third kappa shape index (κ3) is 9.87. The standard InChI is InChI=1S/C27H34N2O5S.C26H34N2O5S/c1-16-9-11-19(12-10-16)22-20-15-17(2)28-13-14-29(35(8,31)32)23(24(20)28)18(3)21(22)25(26(30)33-7)34-27(4,5)6;1-15-8-10-18(11-9-15)21-19-14-16(2)27-12-13-28(34(7,31)32)22(23(19)27)17(3)20(21)24(25(29)30)33-26(4,5)6/h9-12,15,25H,13-14H2,1-8H3;8-11,16,24H,12-14H2,1-7H3,(H,29,30)/t25-;16?,24-/m00/s1. The lowest BCUT2D eigenvalue weighted by Crippen LogP contribution is -2.45. The van der Waals surface area contributed by atoms with Crippen LogP contribution in [-0.4, -0.2) is 94.9 Å². The summed E-state index contributed by atoms with van der Waals surface area (Å²) in [5.41, 5.74) is 11.9. The number of hydrogen-bond acceptors (Lipinski definition) is 10. The number of aromatic nitrogens is 1. The van der Waals surface area contributed by atoms with Crippen molar-refractivity contribution >= 4 is 60.0 Å². The quantitative estimate of drug-likeness (QED) is 0.133. The van der Waals surface area contributed by atoms with Gasteiger partial charge in [-0.2, -0.15) is 0 Å². The molecule has 0 bridgehead atoms. The summed E-state index contributed by atoms with van der Waals surface area (Å²) in [6, 6.07) is 18.4. The Kier molecular flexibility index (Phi) is 13.7. The second-order valence-corrected chi connectivity index (χ2v) is 24.6. The molecule has 5 aromatic rings. The Balaban J connectivity index is 0.000000204. The maximum Gasteiger partial charge on any atom is 0.339 e. The molecule has 4 aromatic carbocycles. The van der Waals surface area contributed by atoms with Crippen LogP contribution in [0.4, 0.5) is 17.1 Å². The molecule has 69 heavy (non-hydrogen) atoms. The van der Waals surface area contributed by atoms with Crippen LogP contribution in [0.5, 0.6) is 0 Å². The number of carbonyl (C=O) groups excluding carboxylic acids is 1. The van der Waals surface area contributed by atoms with Gasteiger partial charge in [0.1, 0.15) is 0 Å². The second-order valence-electron chi connectivity index (χ2n) is 20.8. The van der Waals surface area contributed by atoms with Crippen LogP contribution in [0, 0.1) is 34.6 Å². The van der Waals surface area contributed by atoms with Crippen molar-refractivity contribution in [3.63, 3.8) is 0 Å². The number of carboxylic acids is 1. The highest BCUT2D eigenvalue weighted by Crippen LogP contribution is 2.54. The summed E-state index contributed by atoms with van der Waals surface area (Å²) in [4.78, 5) is 28.1. The second kappa shape index (κ2) is 18.4. The minimum atomic E-state index is -3.55. The molecule has 4 heterocycles. The maximum atomic E-state index is 13.2. The summed E-state index contributed by atoms with van der Waals surface area (Å²) in [7, 11) is -5.76. The van der Waals surface area contributed by atoms with E-state index in [1.165, 1.54) is 28.2 Å². The lowest BCUT2D eigenvalue weighted by Gasteiger charge is -2.40. The van der Waals surface area contributed by atoms with Crippen molar-refractivity contribution in [3.05, 3.63) is 99.2 Å². The molecule has 0 saturated carbocycles. The third-order valence-corrected chi connectivity index (χ3v) is 15.5. The number of carboxylic acid groups (broad SMARTS) is 1. The van der Waals surface area contributed by atoms with Gasteiger partial charge in [-0.25, -0.2) is 26.4 Å². The summed E-state index contributed by atoms with van der Waals surface area (Å²) >= 11 is 0. The molecule has 0 aliphatic carbocycles. The Morgan fingerprint density at radius 1 is 0.667 bits per heavy atom. The molecule has 3 aliphatic rings. The first kappa shape index (κ1) is 51.4. The first-order valence-electron chi connectivity index (χ1n) is 23.3. The van der Waals surface area contributed by atoms with E-state index in [-0.39, 0.29) is 6.04 Å². The first-order chi connectivity index (χ1) is 31.9. The van der Waals surface area contributed by atoms with E-state index in [0.717, 1.165) is 61.2 Å². The summed E-state index contributed by atoms with van der Waals surface area (Å²) in [5, 5.41) is 11.2. The molecule has 3 atom stereocenters. The highest BCUT2D eigenvalue weighted by Gasteiger charge is 2.44. The molecule has 0 radical (unpaired) electrons. The molecule has 0 fully saturated rings. The number of anilines is 3. The summed E-state index contributed by atoms with van der Waals surface area (Å²) in [6.07, 6.45) is 0.856. The van der Waals surface area contributed by atoms with Crippen molar-refractivity contribution in [1.82, 2.24) is 4.57 Å². The van der Waals surface area contributed by atoms with Gasteiger partial charge in [-0.15, -0.1) is 0 Å². The largest absolute Gasteiger partial charge is 0.479 e. The highest BCUT2D eigenvalue weighted by molar-refractivity contribution is 7.92. The van der Waals surface area contributed by atoms with Crippen LogP contribution in [0.2, 0.25) is 0 Å². The number of esters is 1. The van der Waals surface area contributed by atoms with E-state index >= 15 is 0 Å². The number of aliphatic carboxylic acids is 1. The first-order valence-corrected chi connectivity index (χ1v) is 27.0. The number of sulfonamides is 2. The van der Waals surface area contributed by atoms with Gasteiger partial charge in [0, 0.05) is 41.3 Å². The van der Waals surface area contributed by atoms with Crippen molar-refractivity contribution in [2.75, 3.05) is 52.8 Å². The third-order valence-electron chi connectivity index (χ3n) is 13.1. The van der Waals surface area contributed by atoms with E-state index in [1.54, 1.807) is 0 Å². The fraction of sp³-hybridized carbons (Fsp3) is 0.472. The van der Waals surface area contributed by atoms with E-state index < -0.39 is 55.4 Å². The number of benzene rings is 4. The fourth-order valence-corrected chi connectivity index (χ4v) is 12.3. The van der Waals surface area contributed by atoms with Crippen LogP contribution in [-0.2, 0) is 56.8 Å². The molecule has 1 N–H and O–H groups in total. The maximum absolute atomic E-state index is 13.2. The van der Waals surface area contributed by atoms with E-state index in [1.807, 2.05) is 125 Å². The Morgan fingerprint density at radius 2 is 1.13 bits per heavy atom. The lowest BCUT2D eigenvalue weighted by atomic mass is 9.84. The van der Waals surface area contributed by atoms with Crippen molar-refractivity contribution in [2.45, 2.75) is 126 Å². The Hall–Kier alpha value is -5.42. The highest BCUT2D eigenvalue weighted by atomic mass is 32.2. The van der Waals surface area contributed by atoms with Gasteiger partial charge in [0.05, 0.1) is 66.5 Å². The molecule has 372 valence electrons. The van der Waals surface area contributed by atoms with E-state index in [2.05, 4.69) is 22.5 Å². The average molecular weight is 985 g/mol. The van der Waals surface area contributed by atoms with E-state index in [0.29, 0.717) is 66.2 Å². The molecule has 3 aliphatic heterocycles.